The molecule has 0 saturated carbocycles. The summed E-state index contributed by atoms with van der Waals surface area (Å²) in [4.78, 5) is 12.1. The van der Waals surface area contributed by atoms with Gasteiger partial charge in [0, 0.05) is 5.71 Å². The molecule has 0 heterocycles. The van der Waals surface area contributed by atoms with E-state index in [9.17, 15) is 4.79 Å². The first kappa shape index (κ1) is 18.2. The van der Waals surface area contributed by atoms with Crippen molar-refractivity contribution in [3.05, 3.63) is 29.3 Å². The first-order valence-corrected chi connectivity index (χ1v) is 8.07. The highest BCUT2D eigenvalue weighted by molar-refractivity contribution is 5.87. The quantitative estimate of drug-likeness (QED) is 0.579. The third-order valence-electron chi connectivity index (χ3n) is 3.71. The average molecular weight is 304 g/mol. The standard InChI is InChI=1S/C18H28N2O2/c1-6-8-9-16(7-2)19-20-18(21)15(5)22-17-11-10-13(3)14(4)12-17/h10-12,15H,6-9H2,1-5H3,(H,20,21)/b19-16+. The number of carbonyl (C=O) groups is 1. The molecule has 0 spiro atoms. The first-order valence-electron chi connectivity index (χ1n) is 8.07. The second-order valence-corrected chi connectivity index (χ2v) is 5.62. The molecule has 1 aromatic carbocycles. The molecule has 1 N–H and O–H groups in total. The Morgan fingerprint density at radius 2 is 2.00 bits per heavy atom. The number of carbonyl (C=O) groups excluding carboxylic acids is 1. The highest BCUT2D eigenvalue weighted by Gasteiger charge is 2.14. The van der Waals surface area contributed by atoms with Gasteiger partial charge >= 0.3 is 0 Å². The van der Waals surface area contributed by atoms with Gasteiger partial charge in [-0.1, -0.05) is 26.3 Å². The van der Waals surface area contributed by atoms with E-state index in [0.717, 1.165) is 37.0 Å². The predicted molar refractivity (Wildman–Crippen MR) is 91.4 cm³/mol. The van der Waals surface area contributed by atoms with Gasteiger partial charge in [-0.3, -0.25) is 4.79 Å². The molecule has 122 valence electrons. The zero-order chi connectivity index (χ0) is 16.5. The number of unbranched alkanes of at least 4 members (excludes halogenated alkanes) is 1. The van der Waals surface area contributed by atoms with Gasteiger partial charge in [0.05, 0.1) is 0 Å². The summed E-state index contributed by atoms with van der Waals surface area (Å²) in [5, 5.41) is 4.21. The Kier molecular flexibility index (Phi) is 7.64. The third-order valence-corrected chi connectivity index (χ3v) is 3.71. The van der Waals surface area contributed by atoms with Gasteiger partial charge < -0.3 is 4.74 Å². The van der Waals surface area contributed by atoms with E-state index in [1.165, 1.54) is 5.56 Å². The van der Waals surface area contributed by atoms with Crippen molar-refractivity contribution in [1.82, 2.24) is 5.43 Å². The molecule has 1 amide bonds. The smallest absolute Gasteiger partial charge is 0.280 e. The van der Waals surface area contributed by atoms with Gasteiger partial charge in [0.15, 0.2) is 6.10 Å². The van der Waals surface area contributed by atoms with E-state index in [4.69, 9.17) is 4.74 Å². The van der Waals surface area contributed by atoms with E-state index in [1.54, 1.807) is 6.92 Å². The summed E-state index contributed by atoms with van der Waals surface area (Å²) in [5.74, 6) is 0.483. The fourth-order valence-electron chi connectivity index (χ4n) is 1.96. The molecule has 0 bridgehead atoms. The van der Waals surface area contributed by atoms with Crippen LogP contribution in [0.5, 0.6) is 5.75 Å². The molecule has 0 radical (unpaired) electrons. The SMILES string of the molecule is CCCC/C(CC)=N/NC(=O)C(C)Oc1ccc(C)c(C)c1. The number of hydrogen-bond acceptors (Lipinski definition) is 3. The van der Waals surface area contributed by atoms with Crippen molar-refractivity contribution in [3.8, 4) is 5.75 Å². The normalized spacial score (nSPS) is 12.9. The monoisotopic (exact) mass is 304 g/mol. The fourth-order valence-corrected chi connectivity index (χ4v) is 1.96. The highest BCUT2D eigenvalue weighted by atomic mass is 16.5. The molecular weight excluding hydrogens is 276 g/mol. The van der Waals surface area contributed by atoms with Gasteiger partial charge in [-0.25, -0.2) is 5.43 Å². The number of amides is 1. The second-order valence-electron chi connectivity index (χ2n) is 5.62. The Hall–Kier alpha value is -1.84. The summed E-state index contributed by atoms with van der Waals surface area (Å²) in [6, 6.07) is 5.82. The number of hydrazone groups is 1. The number of ether oxygens (including phenoxy) is 1. The van der Waals surface area contributed by atoms with E-state index in [1.807, 2.05) is 32.0 Å². The lowest BCUT2D eigenvalue weighted by atomic mass is 10.1. The Morgan fingerprint density at radius 1 is 1.27 bits per heavy atom. The zero-order valence-electron chi connectivity index (χ0n) is 14.4. The van der Waals surface area contributed by atoms with Crippen LogP contribution in [0, 0.1) is 13.8 Å². The summed E-state index contributed by atoms with van der Waals surface area (Å²) >= 11 is 0. The Balaban J connectivity index is 2.57. The molecule has 1 rings (SSSR count). The van der Waals surface area contributed by atoms with Gasteiger partial charge in [-0.15, -0.1) is 0 Å². The highest BCUT2D eigenvalue weighted by Crippen LogP contribution is 2.17. The maximum atomic E-state index is 12.1. The first-order chi connectivity index (χ1) is 10.5. The number of nitrogens with one attached hydrogen (secondary N) is 1. The van der Waals surface area contributed by atoms with Gasteiger partial charge in [0.25, 0.3) is 5.91 Å². The Labute approximate surface area is 134 Å². The van der Waals surface area contributed by atoms with Crippen molar-refractivity contribution in [2.24, 2.45) is 5.10 Å². The van der Waals surface area contributed by atoms with Crippen molar-refractivity contribution < 1.29 is 9.53 Å². The van der Waals surface area contributed by atoms with Crippen LogP contribution in [0.25, 0.3) is 0 Å². The van der Waals surface area contributed by atoms with Crippen LogP contribution in [-0.2, 0) is 4.79 Å². The topological polar surface area (TPSA) is 50.7 Å². The predicted octanol–water partition coefficient (Wildman–Crippen LogP) is 4.14. The molecule has 0 aliphatic heterocycles. The van der Waals surface area contributed by atoms with Crippen molar-refractivity contribution in [1.29, 1.82) is 0 Å². The summed E-state index contributed by atoms with van der Waals surface area (Å²) < 4.78 is 5.68. The van der Waals surface area contributed by atoms with Crippen LogP contribution in [0.3, 0.4) is 0 Å². The summed E-state index contributed by atoms with van der Waals surface area (Å²) in [7, 11) is 0. The average Bonchev–Trinajstić information content (AvgIpc) is 2.50. The van der Waals surface area contributed by atoms with Crippen molar-refractivity contribution in [3.63, 3.8) is 0 Å². The number of hydrogen-bond donors (Lipinski definition) is 1. The van der Waals surface area contributed by atoms with E-state index in [0.29, 0.717) is 5.75 Å². The molecule has 0 fully saturated rings. The van der Waals surface area contributed by atoms with Crippen LogP contribution in [0.4, 0.5) is 0 Å². The largest absolute Gasteiger partial charge is 0.481 e. The number of aryl methyl sites for hydroxylation is 2. The maximum absolute atomic E-state index is 12.1. The van der Waals surface area contributed by atoms with Gasteiger partial charge in [0.2, 0.25) is 0 Å². The van der Waals surface area contributed by atoms with Gasteiger partial charge in [-0.05, 0) is 63.3 Å². The van der Waals surface area contributed by atoms with Crippen LogP contribution >= 0.6 is 0 Å². The third kappa shape index (κ3) is 5.88. The van der Waals surface area contributed by atoms with Gasteiger partial charge in [-0.2, -0.15) is 5.10 Å². The lowest BCUT2D eigenvalue weighted by Gasteiger charge is -2.14. The molecule has 4 heteroatoms. The second kappa shape index (κ2) is 9.23. The van der Waals surface area contributed by atoms with Crippen LogP contribution in [0.2, 0.25) is 0 Å². The fraction of sp³-hybridized carbons (Fsp3) is 0.556. The Bertz CT molecular complexity index is 524. The van der Waals surface area contributed by atoms with E-state index in [-0.39, 0.29) is 5.91 Å². The van der Waals surface area contributed by atoms with Crippen molar-refractivity contribution >= 4 is 11.6 Å². The molecule has 22 heavy (non-hydrogen) atoms. The number of nitrogens with zero attached hydrogens (tertiary/aromatic N) is 1. The minimum atomic E-state index is -0.574. The van der Waals surface area contributed by atoms with E-state index in [2.05, 4.69) is 24.4 Å². The zero-order valence-corrected chi connectivity index (χ0v) is 14.4. The molecule has 1 aromatic rings. The van der Waals surface area contributed by atoms with Crippen LogP contribution in [0.15, 0.2) is 23.3 Å². The van der Waals surface area contributed by atoms with Crippen molar-refractivity contribution in [2.45, 2.75) is 66.4 Å². The lowest BCUT2D eigenvalue weighted by Crippen LogP contribution is -2.34. The van der Waals surface area contributed by atoms with Crippen LogP contribution in [0.1, 0.15) is 57.6 Å². The molecule has 1 atom stereocenters. The minimum absolute atomic E-state index is 0.222. The van der Waals surface area contributed by atoms with Gasteiger partial charge in [0.1, 0.15) is 5.75 Å². The van der Waals surface area contributed by atoms with E-state index >= 15 is 0 Å². The molecule has 0 aromatic heterocycles. The number of rotatable bonds is 8. The number of benzene rings is 1. The molecule has 0 saturated heterocycles. The van der Waals surface area contributed by atoms with Crippen LogP contribution in [-0.4, -0.2) is 17.7 Å². The molecule has 0 aliphatic carbocycles. The minimum Gasteiger partial charge on any atom is -0.481 e. The molecule has 0 aliphatic rings. The summed E-state index contributed by atoms with van der Waals surface area (Å²) in [6.45, 7) is 10.0. The maximum Gasteiger partial charge on any atom is 0.280 e. The van der Waals surface area contributed by atoms with Crippen molar-refractivity contribution in [2.75, 3.05) is 0 Å². The summed E-state index contributed by atoms with van der Waals surface area (Å²) in [6.07, 6.45) is 3.43. The Morgan fingerprint density at radius 3 is 2.59 bits per heavy atom. The molecule has 1 unspecified atom stereocenters. The van der Waals surface area contributed by atoms with E-state index < -0.39 is 6.10 Å². The lowest BCUT2D eigenvalue weighted by molar-refractivity contribution is -0.127. The molecule has 4 nitrogen and oxygen atoms in total. The molecular formula is C18H28N2O2. The van der Waals surface area contributed by atoms with Crippen LogP contribution < -0.4 is 10.2 Å². The summed E-state index contributed by atoms with van der Waals surface area (Å²) in [5.41, 5.74) is 5.99.